The normalized spacial score (nSPS) is 25.6. The van der Waals surface area contributed by atoms with Crippen LogP contribution in [0, 0.1) is 5.92 Å². The SMILES string of the molecule is CC(=O)NC1CCCN(C(=O)CN2CCC(CCCN3CCOCC3)CC2)C1. The standard InChI is InChI=1S/C21H38N4O3/c1-18(26)22-20-5-3-9-25(16-20)21(27)17-24-10-6-19(7-11-24)4-2-8-23-12-14-28-15-13-23/h19-20H,2-17H2,1H3,(H,22,26). The molecule has 0 radical (unpaired) electrons. The number of piperidine rings is 2. The molecule has 3 aliphatic rings. The van der Waals surface area contributed by atoms with E-state index in [0.717, 1.165) is 64.7 Å². The lowest BCUT2D eigenvalue weighted by molar-refractivity contribution is -0.135. The van der Waals surface area contributed by atoms with Crippen molar-refractivity contribution in [2.24, 2.45) is 5.92 Å². The molecule has 3 saturated heterocycles. The second-order valence-electron chi connectivity index (χ2n) is 8.70. The van der Waals surface area contributed by atoms with E-state index in [1.165, 1.54) is 32.2 Å². The van der Waals surface area contributed by atoms with Gasteiger partial charge in [-0.3, -0.25) is 19.4 Å². The van der Waals surface area contributed by atoms with E-state index in [9.17, 15) is 9.59 Å². The zero-order chi connectivity index (χ0) is 19.8. The molecule has 0 spiro atoms. The molecule has 2 amide bonds. The Morgan fingerprint density at radius 1 is 1.00 bits per heavy atom. The van der Waals surface area contributed by atoms with Gasteiger partial charge in [-0.05, 0) is 64.1 Å². The van der Waals surface area contributed by atoms with Gasteiger partial charge in [0, 0.05) is 39.1 Å². The number of carbonyl (C=O) groups is 2. The molecule has 0 aromatic rings. The molecule has 0 aliphatic carbocycles. The predicted molar refractivity (Wildman–Crippen MR) is 109 cm³/mol. The minimum atomic E-state index is -0.00464. The molecule has 7 nitrogen and oxygen atoms in total. The van der Waals surface area contributed by atoms with Crippen molar-refractivity contribution in [2.45, 2.75) is 51.5 Å². The van der Waals surface area contributed by atoms with E-state index in [-0.39, 0.29) is 17.9 Å². The molecule has 1 N–H and O–H groups in total. The van der Waals surface area contributed by atoms with Crippen LogP contribution in [0.2, 0.25) is 0 Å². The summed E-state index contributed by atoms with van der Waals surface area (Å²) in [7, 11) is 0. The van der Waals surface area contributed by atoms with Crippen LogP contribution >= 0.6 is 0 Å². The summed E-state index contributed by atoms with van der Waals surface area (Å²) in [6.45, 7) is 10.8. The molecule has 0 bridgehead atoms. The molecule has 0 aromatic carbocycles. The quantitative estimate of drug-likeness (QED) is 0.696. The summed E-state index contributed by atoms with van der Waals surface area (Å²) in [5.41, 5.74) is 0. The van der Waals surface area contributed by atoms with E-state index >= 15 is 0 Å². The summed E-state index contributed by atoms with van der Waals surface area (Å²) in [6, 6.07) is 0.118. The lowest BCUT2D eigenvalue weighted by Gasteiger charge is -2.36. The third kappa shape index (κ3) is 7.01. The lowest BCUT2D eigenvalue weighted by atomic mass is 9.92. The molecule has 160 valence electrons. The van der Waals surface area contributed by atoms with Gasteiger partial charge < -0.3 is 15.0 Å². The van der Waals surface area contributed by atoms with E-state index < -0.39 is 0 Å². The summed E-state index contributed by atoms with van der Waals surface area (Å²) in [4.78, 5) is 30.7. The lowest BCUT2D eigenvalue weighted by Crippen LogP contribution is -2.52. The zero-order valence-electron chi connectivity index (χ0n) is 17.5. The first-order chi connectivity index (χ1) is 13.6. The number of nitrogens with one attached hydrogen (secondary N) is 1. The number of hydrogen-bond acceptors (Lipinski definition) is 5. The van der Waals surface area contributed by atoms with Gasteiger partial charge in [0.2, 0.25) is 11.8 Å². The Morgan fingerprint density at radius 2 is 1.75 bits per heavy atom. The predicted octanol–water partition coefficient (Wildman–Crippen LogP) is 0.938. The van der Waals surface area contributed by atoms with Gasteiger partial charge >= 0.3 is 0 Å². The van der Waals surface area contributed by atoms with E-state index in [1.807, 2.05) is 4.90 Å². The maximum atomic E-state index is 12.7. The topological polar surface area (TPSA) is 65.1 Å². The Morgan fingerprint density at radius 3 is 2.46 bits per heavy atom. The molecule has 3 aliphatic heterocycles. The number of nitrogens with zero attached hydrogens (tertiary/aromatic N) is 3. The smallest absolute Gasteiger partial charge is 0.236 e. The summed E-state index contributed by atoms with van der Waals surface area (Å²) >= 11 is 0. The zero-order valence-corrected chi connectivity index (χ0v) is 17.5. The first-order valence-corrected chi connectivity index (χ1v) is 11.2. The van der Waals surface area contributed by atoms with Gasteiger partial charge in [0.15, 0.2) is 0 Å². The molecular formula is C21H38N4O3. The molecule has 1 unspecified atom stereocenters. The molecule has 3 heterocycles. The minimum absolute atomic E-state index is 0.00464. The van der Waals surface area contributed by atoms with Gasteiger partial charge in [0.25, 0.3) is 0 Å². The van der Waals surface area contributed by atoms with Crippen molar-refractivity contribution in [3.63, 3.8) is 0 Å². The number of carbonyl (C=O) groups excluding carboxylic acids is 2. The molecule has 7 heteroatoms. The van der Waals surface area contributed by atoms with Crippen molar-refractivity contribution in [1.82, 2.24) is 20.0 Å². The van der Waals surface area contributed by atoms with Gasteiger partial charge in [-0.25, -0.2) is 0 Å². The summed E-state index contributed by atoms with van der Waals surface area (Å²) in [5, 5.41) is 2.96. The van der Waals surface area contributed by atoms with Crippen LogP contribution in [0.4, 0.5) is 0 Å². The Balaban J connectivity index is 1.30. The average molecular weight is 395 g/mol. The van der Waals surface area contributed by atoms with Crippen LogP contribution in [0.3, 0.4) is 0 Å². The molecule has 0 saturated carbocycles. The molecule has 1 atom stereocenters. The Labute approximate surface area is 169 Å². The first-order valence-electron chi connectivity index (χ1n) is 11.2. The summed E-state index contributed by atoms with van der Waals surface area (Å²) in [5.74, 6) is 1.03. The highest BCUT2D eigenvalue weighted by Crippen LogP contribution is 2.22. The largest absolute Gasteiger partial charge is 0.379 e. The molecule has 3 rings (SSSR count). The maximum Gasteiger partial charge on any atom is 0.236 e. The van der Waals surface area contributed by atoms with E-state index in [4.69, 9.17) is 4.74 Å². The fourth-order valence-corrected chi connectivity index (χ4v) is 4.76. The second-order valence-corrected chi connectivity index (χ2v) is 8.70. The van der Waals surface area contributed by atoms with Crippen LogP contribution in [-0.4, -0.2) is 98.1 Å². The van der Waals surface area contributed by atoms with Crippen LogP contribution in [0.15, 0.2) is 0 Å². The number of morpholine rings is 1. The van der Waals surface area contributed by atoms with Crippen LogP contribution in [0.5, 0.6) is 0 Å². The third-order valence-electron chi connectivity index (χ3n) is 6.44. The van der Waals surface area contributed by atoms with E-state index in [2.05, 4.69) is 15.1 Å². The van der Waals surface area contributed by atoms with Crippen LogP contribution < -0.4 is 5.32 Å². The van der Waals surface area contributed by atoms with Gasteiger partial charge in [-0.2, -0.15) is 0 Å². The van der Waals surface area contributed by atoms with Crippen molar-refractivity contribution < 1.29 is 14.3 Å². The fourth-order valence-electron chi connectivity index (χ4n) is 4.76. The first kappa shape index (κ1) is 21.5. The number of rotatable bonds is 7. The van der Waals surface area contributed by atoms with Crippen LogP contribution in [0.25, 0.3) is 0 Å². The van der Waals surface area contributed by atoms with Gasteiger partial charge in [-0.1, -0.05) is 0 Å². The number of amides is 2. The summed E-state index contributed by atoms with van der Waals surface area (Å²) < 4.78 is 5.41. The van der Waals surface area contributed by atoms with Crippen molar-refractivity contribution >= 4 is 11.8 Å². The minimum Gasteiger partial charge on any atom is -0.379 e. The highest BCUT2D eigenvalue weighted by molar-refractivity contribution is 5.78. The Kier molecular flexibility index (Phi) is 8.55. The average Bonchev–Trinajstić information content (AvgIpc) is 2.70. The highest BCUT2D eigenvalue weighted by atomic mass is 16.5. The third-order valence-corrected chi connectivity index (χ3v) is 6.44. The van der Waals surface area contributed by atoms with Crippen molar-refractivity contribution in [1.29, 1.82) is 0 Å². The Bertz CT molecular complexity index is 502. The molecule has 28 heavy (non-hydrogen) atoms. The van der Waals surface area contributed by atoms with Crippen molar-refractivity contribution in [3.05, 3.63) is 0 Å². The van der Waals surface area contributed by atoms with Gasteiger partial charge in [0.1, 0.15) is 0 Å². The summed E-state index contributed by atoms with van der Waals surface area (Å²) in [6.07, 6.45) is 6.96. The Hall–Kier alpha value is -1.18. The molecular weight excluding hydrogens is 356 g/mol. The maximum absolute atomic E-state index is 12.7. The van der Waals surface area contributed by atoms with Crippen molar-refractivity contribution in [2.75, 3.05) is 65.6 Å². The number of likely N-dealkylation sites (tertiary alicyclic amines) is 2. The van der Waals surface area contributed by atoms with Crippen LogP contribution in [0.1, 0.15) is 45.4 Å². The van der Waals surface area contributed by atoms with Crippen molar-refractivity contribution in [3.8, 4) is 0 Å². The second kappa shape index (κ2) is 11.1. The fraction of sp³-hybridized carbons (Fsp3) is 0.905. The molecule has 0 aromatic heterocycles. The van der Waals surface area contributed by atoms with E-state index in [1.54, 1.807) is 6.92 Å². The molecule has 3 fully saturated rings. The van der Waals surface area contributed by atoms with Crippen LogP contribution in [-0.2, 0) is 14.3 Å². The highest BCUT2D eigenvalue weighted by Gasteiger charge is 2.27. The van der Waals surface area contributed by atoms with Gasteiger partial charge in [0.05, 0.1) is 19.8 Å². The number of ether oxygens (including phenoxy) is 1. The van der Waals surface area contributed by atoms with Gasteiger partial charge in [-0.15, -0.1) is 0 Å². The number of hydrogen-bond donors (Lipinski definition) is 1. The monoisotopic (exact) mass is 394 g/mol. The van der Waals surface area contributed by atoms with E-state index in [0.29, 0.717) is 13.1 Å².